The lowest BCUT2D eigenvalue weighted by Gasteiger charge is -2.13. The number of aromatic nitrogens is 1. The Morgan fingerprint density at radius 1 is 1.25 bits per heavy atom. The van der Waals surface area contributed by atoms with Crippen LogP contribution in [0.25, 0.3) is 0 Å². The van der Waals surface area contributed by atoms with Gasteiger partial charge in [-0.15, -0.1) is 0 Å². The molecular formula is C16H17N3S. The molecule has 0 saturated heterocycles. The molecule has 4 heteroatoms. The highest BCUT2D eigenvalue weighted by Crippen LogP contribution is 2.27. The minimum absolute atomic E-state index is 0.391. The maximum absolute atomic E-state index is 5.84. The Balaban J connectivity index is 1.99. The van der Waals surface area contributed by atoms with Crippen LogP contribution in [0.5, 0.6) is 0 Å². The predicted octanol–water partition coefficient (Wildman–Crippen LogP) is 3.26. The van der Waals surface area contributed by atoms with Crippen LogP contribution in [0.4, 0.5) is 11.5 Å². The summed E-state index contributed by atoms with van der Waals surface area (Å²) in [4.78, 5) is 5.10. The van der Waals surface area contributed by atoms with Crippen LogP contribution >= 0.6 is 12.2 Å². The molecule has 3 nitrogen and oxygen atoms in total. The van der Waals surface area contributed by atoms with Crippen LogP contribution in [0.2, 0.25) is 0 Å². The van der Waals surface area contributed by atoms with Gasteiger partial charge in [0, 0.05) is 11.4 Å². The van der Waals surface area contributed by atoms with E-state index in [1.54, 1.807) is 0 Å². The number of fused-ring (bicyclic) bond motifs is 1. The lowest BCUT2D eigenvalue weighted by molar-refractivity contribution is 0.900. The van der Waals surface area contributed by atoms with Crippen LogP contribution in [0.3, 0.4) is 0 Å². The smallest absolute Gasteiger partial charge is 0.140 e. The highest BCUT2D eigenvalue weighted by atomic mass is 32.1. The number of hydrogen-bond acceptors (Lipinski definition) is 3. The minimum atomic E-state index is 0.391. The lowest BCUT2D eigenvalue weighted by Crippen LogP contribution is -2.14. The van der Waals surface area contributed by atoms with E-state index in [0.717, 1.165) is 36.3 Å². The second kappa shape index (κ2) is 5.21. The van der Waals surface area contributed by atoms with Gasteiger partial charge in [0.25, 0.3) is 0 Å². The third kappa shape index (κ3) is 2.51. The zero-order chi connectivity index (χ0) is 14.1. The Labute approximate surface area is 124 Å². The second-order valence-corrected chi connectivity index (χ2v) is 5.64. The average Bonchev–Trinajstić information content (AvgIpc) is 2.87. The molecule has 0 atom stereocenters. The van der Waals surface area contributed by atoms with E-state index in [2.05, 4.69) is 30.4 Å². The summed E-state index contributed by atoms with van der Waals surface area (Å²) in [6, 6.07) is 10.3. The number of nitrogens with zero attached hydrogens (tertiary/aromatic N) is 1. The maximum atomic E-state index is 5.84. The van der Waals surface area contributed by atoms with Crippen molar-refractivity contribution < 1.29 is 0 Å². The predicted molar refractivity (Wildman–Crippen MR) is 86.6 cm³/mol. The first kappa shape index (κ1) is 13.1. The summed E-state index contributed by atoms with van der Waals surface area (Å²) in [6.45, 7) is 2.07. The largest absolute Gasteiger partial charge is 0.389 e. The third-order valence-corrected chi connectivity index (χ3v) is 3.85. The molecule has 1 aromatic carbocycles. The Bertz CT molecular complexity index is 662. The molecule has 0 radical (unpaired) electrons. The van der Waals surface area contributed by atoms with Gasteiger partial charge in [-0.1, -0.05) is 29.9 Å². The number of aryl methyl sites for hydroxylation is 3. The molecule has 1 aromatic heterocycles. The Morgan fingerprint density at radius 2 is 2.00 bits per heavy atom. The first-order valence-electron chi connectivity index (χ1n) is 6.80. The molecule has 3 rings (SSSR count). The van der Waals surface area contributed by atoms with Crippen LogP contribution in [-0.4, -0.2) is 9.97 Å². The quantitative estimate of drug-likeness (QED) is 0.849. The highest BCUT2D eigenvalue weighted by Gasteiger charge is 2.17. The van der Waals surface area contributed by atoms with Crippen LogP contribution < -0.4 is 11.1 Å². The highest BCUT2D eigenvalue weighted by molar-refractivity contribution is 7.80. The summed E-state index contributed by atoms with van der Waals surface area (Å²) in [7, 11) is 0. The topological polar surface area (TPSA) is 50.9 Å². The SMILES string of the molecule is Cc1ccc(Nc2nc3c(cc2C(N)=S)CCC3)cc1. The van der Waals surface area contributed by atoms with Crippen molar-refractivity contribution in [3.8, 4) is 0 Å². The number of benzene rings is 1. The number of pyridine rings is 1. The first-order valence-corrected chi connectivity index (χ1v) is 7.20. The molecule has 20 heavy (non-hydrogen) atoms. The van der Waals surface area contributed by atoms with E-state index in [-0.39, 0.29) is 0 Å². The fourth-order valence-electron chi connectivity index (χ4n) is 2.53. The lowest BCUT2D eigenvalue weighted by atomic mass is 10.1. The zero-order valence-corrected chi connectivity index (χ0v) is 12.3. The van der Waals surface area contributed by atoms with Crippen molar-refractivity contribution in [2.24, 2.45) is 5.73 Å². The van der Waals surface area contributed by atoms with E-state index in [9.17, 15) is 0 Å². The number of thiocarbonyl (C=S) groups is 1. The van der Waals surface area contributed by atoms with Crippen molar-refractivity contribution in [3.63, 3.8) is 0 Å². The molecule has 0 fully saturated rings. The van der Waals surface area contributed by atoms with E-state index in [1.807, 2.05) is 12.1 Å². The van der Waals surface area contributed by atoms with Crippen molar-refractivity contribution in [2.75, 3.05) is 5.32 Å². The Hall–Kier alpha value is -1.94. The number of rotatable bonds is 3. The summed E-state index contributed by atoms with van der Waals surface area (Å²) in [5.41, 5.74) is 11.3. The van der Waals surface area contributed by atoms with Crippen molar-refractivity contribution in [1.29, 1.82) is 0 Å². The Morgan fingerprint density at radius 3 is 2.70 bits per heavy atom. The van der Waals surface area contributed by atoms with Crippen molar-refractivity contribution in [1.82, 2.24) is 4.98 Å². The van der Waals surface area contributed by atoms with Gasteiger partial charge >= 0.3 is 0 Å². The van der Waals surface area contributed by atoms with E-state index < -0.39 is 0 Å². The fraction of sp³-hybridized carbons (Fsp3) is 0.250. The third-order valence-electron chi connectivity index (χ3n) is 3.63. The molecular weight excluding hydrogens is 266 g/mol. The maximum Gasteiger partial charge on any atom is 0.140 e. The van der Waals surface area contributed by atoms with Crippen LogP contribution in [0.1, 0.15) is 28.8 Å². The van der Waals surface area contributed by atoms with Gasteiger partial charge in [-0.05, 0) is 49.9 Å². The van der Waals surface area contributed by atoms with E-state index in [4.69, 9.17) is 22.9 Å². The number of nitrogens with one attached hydrogen (secondary N) is 1. The molecule has 0 spiro atoms. The first-order chi connectivity index (χ1) is 9.63. The molecule has 3 N–H and O–H groups in total. The average molecular weight is 283 g/mol. The summed E-state index contributed by atoms with van der Waals surface area (Å²) in [5, 5.41) is 3.33. The molecule has 0 unspecified atom stereocenters. The molecule has 1 heterocycles. The Kier molecular flexibility index (Phi) is 3.40. The van der Waals surface area contributed by atoms with Gasteiger partial charge < -0.3 is 11.1 Å². The van der Waals surface area contributed by atoms with Gasteiger partial charge in [0.05, 0.1) is 5.56 Å². The number of anilines is 2. The van der Waals surface area contributed by atoms with Crippen LogP contribution in [0.15, 0.2) is 30.3 Å². The molecule has 0 bridgehead atoms. The standard InChI is InChI=1S/C16H17N3S/c1-10-5-7-12(8-6-10)18-16-13(15(17)20)9-11-3-2-4-14(11)19-16/h5-9H,2-4H2,1H3,(H2,17,20)(H,18,19). The van der Waals surface area contributed by atoms with Gasteiger partial charge in [-0.25, -0.2) is 4.98 Å². The van der Waals surface area contributed by atoms with Crippen LogP contribution in [-0.2, 0) is 12.8 Å². The summed E-state index contributed by atoms with van der Waals surface area (Å²) in [6.07, 6.45) is 3.27. The van der Waals surface area contributed by atoms with Crippen molar-refractivity contribution in [3.05, 3.63) is 52.7 Å². The molecule has 0 aliphatic heterocycles. The summed E-state index contributed by atoms with van der Waals surface area (Å²) < 4.78 is 0. The number of nitrogens with two attached hydrogens (primary N) is 1. The molecule has 2 aromatic rings. The fourth-order valence-corrected chi connectivity index (χ4v) is 2.68. The normalized spacial score (nSPS) is 13.1. The monoisotopic (exact) mass is 283 g/mol. The van der Waals surface area contributed by atoms with Crippen LogP contribution in [0, 0.1) is 6.92 Å². The van der Waals surface area contributed by atoms with Gasteiger partial charge in [0.1, 0.15) is 10.8 Å². The van der Waals surface area contributed by atoms with E-state index in [1.165, 1.54) is 16.8 Å². The van der Waals surface area contributed by atoms with Gasteiger partial charge in [-0.3, -0.25) is 0 Å². The summed E-state index contributed by atoms with van der Waals surface area (Å²) >= 11 is 5.16. The van der Waals surface area contributed by atoms with Gasteiger partial charge in [0.15, 0.2) is 0 Å². The van der Waals surface area contributed by atoms with Crippen molar-refractivity contribution >= 4 is 28.7 Å². The summed E-state index contributed by atoms with van der Waals surface area (Å²) in [5.74, 6) is 0.766. The number of hydrogen-bond donors (Lipinski definition) is 2. The zero-order valence-electron chi connectivity index (χ0n) is 11.4. The van der Waals surface area contributed by atoms with Gasteiger partial charge in [0.2, 0.25) is 0 Å². The van der Waals surface area contributed by atoms with Gasteiger partial charge in [-0.2, -0.15) is 0 Å². The van der Waals surface area contributed by atoms with Crippen molar-refractivity contribution in [2.45, 2.75) is 26.2 Å². The minimum Gasteiger partial charge on any atom is -0.389 e. The molecule has 1 aliphatic rings. The van der Waals surface area contributed by atoms with E-state index >= 15 is 0 Å². The van der Waals surface area contributed by atoms with E-state index in [0.29, 0.717) is 4.99 Å². The molecule has 0 amide bonds. The molecule has 0 saturated carbocycles. The molecule has 1 aliphatic carbocycles. The second-order valence-electron chi connectivity index (χ2n) is 5.20. The molecule has 102 valence electrons.